The van der Waals surface area contributed by atoms with Crippen LogP contribution in [-0.2, 0) is 30.4 Å². The zero-order valence-electron chi connectivity index (χ0n) is 19.5. The molecule has 2 aromatic rings. The molecule has 1 spiro atoms. The summed E-state index contributed by atoms with van der Waals surface area (Å²) in [5, 5.41) is 5.26. The summed E-state index contributed by atoms with van der Waals surface area (Å²) >= 11 is 0. The minimum absolute atomic E-state index is 0.0790. The van der Waals surface area contributed by atoms with Crippen LogP contribution < -0.4 is 14.5 Å². The molecule has 0 atom stereocenters. The molecule has 0 bridgehead atoms. The van der Waals surface area contributed by atoms with Crippen LogP contribution in [0.15, 0.2) is 30.6 Å². The number of anilines is 2. The molecule has 9 nitrogen and oxygen atoms in total. The zero-order valence-corrected chi connectivity index (χ0v) is 21.2. The molecule has 0 aliphatic carbocycles. The Morgan fingerprint density at radius 2 is 1.89 bits per heavy atom. The summed E-state index contributed by atoms with van der Waals surface area (Å²) in [5.74, 6) is 2.80. The Labute approximate surface area is 205 Å². The number of amides is 1. The standard InChI is InChI=1S/C24H26N4O5S2/c1-27-21-4-3-17(13-19(21)16-35(27,32)33)20-15-25-14-18(5-12-34(2,30)31)22(20)28-10-7-24(8-11-28)6-9-26-23(24)29/h3-4,13-15H,6-11,16H2,1-2H3,(H,26,29). The highest BCUT2D eigenvalue weighted by atomic mass is 32.2. The molecule has 1 aromatic heterocycles. The molecule has 35 heavy (non-hydrogen) atoms. The first kappa shape index (κ1) is 23.6. The average molecular weight is 515 g/mol. The van der Waals surface area contributed by atoms with E-state index >= 15 is 0 Å². The number of nitrogens with zero attached hydrogens (tertiary/aromatic N) is 3. The first-order valence-corrected chi connectivity index (χ1v) is 14.8. The van der Waals surface area contributed by atoms with E-state index in [9.17, 15) is 21.6 Å². The molecule has 1 aromatic carbocycles. The second-order valence-corrected chi connectivity index (χ2v) is 13.2. The Morgan fingerprint density at radius 3 is 2.54 bits per heavy atom. The maximum Gasteiger partial charge on any atom is 0.239 e. The lowest BCUT2D eigenvalue weighted by molar-refractivity contribution is -0.128. The average Bonchev–Trinajstić information content (AvgIpc) is 3.27. The van der Waals surface area contributed by atoms with Crippen LogP contribution in [-0.4, -0.2) is 60.7 Å². The van der Waals surface area contributed by atoms with Crippen molar-refractivity contribution >= 4 is 37.1 Å². The van der Waals surface area contributed by atoms with Crippen molar-refractivity contribution in [2.24, 2.45) is 5.41 Å². The van der Waals surface area contributed by atoms with E-state index in [1.54, 1.807) is 18.5 Å². The number of nitrogens with one attached hydrogen (secondary N) is 1. The fourth-order valence-electron chi connectivity index (χ4n) is 5.22. The smallest absolute Gasteiger partial charge is 0.239 e. The Hall–Kier alpha value is -3.10. The van der Waals surface area contributed by atoms with Gasteiger partial charge in [-0.05, 0) is 48.4 Å². The van der Waals surface area contributed by atoms with Crippen LogP contribution in [0.3, 0.4) is 0 Å². The maximum absolute atomic E-state index is 12.5. The van der Waals surface area contributed by atoms with Crippen molar-refractivity contribution in [2.45, 2.75) is 25.0 Å². The van der Waals surface area contributed by atoms with E-state index in [0.29, 0.717) is 49.3 Å². The molecule has 3 aliphatic heterocycles. The quantitative estimate of drug-likeness (QED) is 0.604. The highest BCUT2D eigenvalue weighted by Gasteiger charge is 2.44. The highest BCUT2D eigenvalue weighted by molar-refractivity contribution is 7.95. The summed E-state index contributed by atoms with van der Waals surface area (Å²) in [5.41, 5.74) is 3.73. The lowest BCUT2D eigenvalue weighted by atomic mass is 9.77. The number of benzene rings is 1. The number of pyridine rings is 1. The number of piperidine rings is 1. The second-order valence-electron chi connectivity index (χ2n) is 9.42. The normalized spacial score (nSPS) is 20.3. The van der Waals surface area contributed by atoms with Crippen molar-refractivity contribution in [1.82, 2.24) is 10.3 Å². The van der Waals surface area contributed by atoms with Crippen molar-refractivity contribution in [3.8, 4) is 22.3 Å². The predicted molar refractivity (Wildman–Crippen MR) is 134 cm³/mol. The van der Waals surface area contributed by atoms with Gasteiger partial charge in [0.15, 0.2) is 0 Å². The number of carbonyl (C=O) groups is 1. The van der Waals surface area contributed by atoms with Crippen LogP contribution in [0, 0.1) is 16.6 Å². The van der Waals surface area contributed by atoms with E-state index in [1.807, 2.05) is 12.1 Å². The van der Waals surface area contributed by atoms with Gasteiger partial charge in [0, 0.05) is 49.9 Å². The fraction of sp³-hybridized carbons (Fsp3) is 0.417. The molecule has 0 unspecified atom stereocenters. The van der Waals surface area contributed by atoms with Crippen LogP contribution in [0.4, 0.5) is 11.4 Å². The van der Waals surface area contributed by atoms with Gasteiger partial charge in [0.25, 0.3) is 0 Å². The van der Waals surface area contributed by atoms with E-state index in [2.05, 4.69) is 26.4 Å². The molecule has 184 valence electrons. The summed E-state index contributed by atoms with van der Waals surface area (Å²) in [6.45, 7) is 1.91. The Morgan fingerprint density at radius 1 is 1.14 bits per heavy atom. The fourth-order valence-corrected chi connectivity index (χ4v) is 6.81. The molecule has 5 rings (SSSR count). The van der Waals surface area contributed by atoms with Gasteiger partial charge in [-0.2, -0.15) is 0 Å². The Bertz CT molecular complexity index is 1500. The molecule has 0 saturated carbocycles. The van der Waals surface area contributed by atoms with Gasteiger partial charge in [0.05, 0.1) is 34.4 Å². The number of carbonyl (C=O) groups excluding carboxylic acids is 1. The molecule has 1 N–H and O–H groups in total. The van der Waals surface area contributed by atoms with Gasteiger partial charge < -0.3 is 10.2 Å². The highest BCUT2D eigenvalue weighted by Crippen LogP contribution is 2.43. The van der Waals surface area contributed by atoms with Gasteiger partial charge in [0.2, 0.25) is 25.8 Å². The molecule has 2 saturated heterocycles. The third-order valence-corrected chi connectivity index (χ3v) is 9.36. The van der Waals surface area contributed by atoms with Gasteiger partial charge in [0.1, 0.15) is 0 Å². The van der Waals surface area contributed by atoms with Crippen molar-refractivity contribution in [2.75, 3.05) is 42.1 Å². The van der Waals surface area contributed by atoms with Crippen molar-refractivity contribution in [1.29, 1.82) is 0 Å². The number of sulfonamides is 1. The number of aromatic nitrogens is 1. The summed E-state index contributed by atoms with van der Waals surface area (Å²) in [7, 11) is -5.38. The van der Waals surface area contributed by atoms with Gasteiger partial charge in [-0.3, -0.25) is 14.1 Å². The minimum Gasteiger partial charge on any atom is -0.370 e. The van der Waals surface area contributed by atoms with E-state index in [-0.39, 0.29) is 17.1 Å². The molecule has 4 heterocycles. The third kappa shape index (κ3) is 4.25. The maximum atomic E-state index is 12.5. The summed E-state index contributed by atoms with van der Waals surface area (Å²) < 4.78 is 49.5. The molecule has 11 heteroatoms. The summed E-state index contributed by atoms with van der Waals surface area (Å²) in [4.78, 5) is 18.9. The van der Waals surface area contributed by atoms with Crippen molar-refractivity contribution < 1.29 is 21.6 Å². The number of sulfone groups is 1. The molecular formula is C24H26N4O5S2. The third-order valence-electron chi connectivity index (χ3n) is 7.18. The van der Waals surface area contributed by atoms with Gasteiger partial charge in [-0.15, -0.1) is 0 Å². The largest absolute Gasteiger partial charge is 0.370 e. The van der Waals surface area contributed by atoms with Crippen LogP contribution in [0.5, 0.6) is 0 Å². The Kier molecular flexibility index (Phi) is 5.56. The molecule has 0 radical (unpaired) electrons. The lowest BCUT2D eigenvalue weighted by Gasteiger charge is -2.39. The van der Waals surface area contributed by atoms with Gasteiger partial charge in [-0.1, -0.05) is 6.07 Å². The predicted octanol–water partition coefficient (Wildman–Crippen LogP) is 1.49. The number of hydrogen-bond acceptors (Lipinski definition) is 7. The molecule has 3 aliphatic rings. The minimum atomic E-state index is -3.53. The molecule has 1 amide bonds. The zero-order chi connectivity index (χ0) is 25.0. The van der Waals surface area contributed by atoms with E-state index in [1.165, 1.54) is 11.4 Å². The Balaban J connectivity index is 1.59. The summed E-state index contributed by atoms with van der Waals surface area (Å²) in [6.07, 6.45) is 6.49. The number of fused-ring (bicyclic) bond motifs is 1. The first-order chi connectivity index (χ1) is 16.5. The first-order valence-electron chi connectivity index (χ1n) is 11.3. The van der Waals surface area contributed by atoms with Crippen LogP contribution >= 0.6 is 0 Å². The van der Waals surface area contributed by atoms with E-state index in [0.717, 1.165) is 29.5 Å². The van der Waals surface area contributed by atoms with E-state index in [4.69, 9.17) is 0 Å². The van der Waals surface area contributed by atoms with Crippen molar-refractivity contribution in [3.63, 3.8) is 0 Å². The van der Waals surface area contributed by atoms with Crippen LogP contribution in [0.25, 0.3) is 11.1 Å². The van der Waals surface area contributed by atoms with Crippen LogP contribution in [0.1, 0.15) is 30.4 Å². The lowest BCUT2D eigenvalue weighted by Crippen LogP contribution is -2.44. The summed E-state index contributed by atoms with van der Waals surface area (Å²) in [6, 6.07) is 5.47. The number of hydrogen-bond donors (Lipinski definition) is 1. The molecule has 2 fully saturated rings. The SMILES string of the molecule is CN1c2ccc(-c3cncc(C#CS(C)(=O)=O)c3N3CCC4(CCNC4=O)CC3)cc2CS1(=O)=O. The van der Waals surface area contributed by atoms with Gasteiger partial charge >= 0.3 is 0 Å². The second kappa shape index (κ2) is 8.24. The van der Waals surface area contributed by atoms with Crippen molar-refractivity contribution in [3.05, 3.63) is 41.7 Å². The monoisotopic (exact) mass is 514 g/mol. The topological polar surface area (TPSA) is 117 Å². The van der Waals surface area contributed by atoms with E-state index < -0.39 is 19.9 Å². The number of rotatable bonds is 2. The molecular weight excluding hydrogens is 488 g/mol. The van der Waals surface area contributed by atoms with Crippen LogP contribution in [0.2, 0.25) is 0 Å². The van der Waals surface area contributed by atoms with Gasteiger partial charge in [-0.25, -0.2) is 16.8 Å².